The average molecular weight is 310 g/mol. The second kappa shape index (κ2) is 6.73. The standard InChI is InChI=1S/C19H22N2O2/c1-15-14-20(11-12-21(15)17-8-4-3-5-9-17)19(22)16-7-6-10-18(13-16)23-2/h3-10,13,15H,11-12,14H2,1-2H3. The first-order valence-corrected chi connectivity index (χ1v) is 7.94. The summed E-state index contributed by atoms with van der Waals surface area (Å²) in [4.78, 5) is 17.0. The number of hydrogen-bond acceptors (Lipinski definition) is 3. The van der Waals surface area contributed by atoms with Gasteiger partial charge in [-0.25, -0.2) is 0 Å². The SMILES string of the molecule is COc1cccc(C(=O)N2CCN(c3ccccc3)C(C)C2)c1. The third kappa shape index (κ3) is 3.31. The van der Waals surface area contributed by atoms with E-state index in [1.807, 2.05) is 29.2 Å². The van der Waals surface area contributed by atoms with Crippen molar-refractivity contribution in [1.82, 2.24) is 4.90 Å². The summed E-state index contributed by atoms with van der Waals surface area (Å²) in [6.07, 6.45) is 0. The number of benzene rings is 2. The number of anilines is 1. The molecule has 0 aliphatic carbocycles. The molecule has 0 radical (unpaired) electrons. The number of nitrogens with zero attached hydrogens (tertiary/aromatic N) is 2. The van der Waals surface area contributed by atoms with Gasteiger partial charge in [0.25, 0.3) is 5.91 Å². The maximum absolute atomic E-state index is 12.7. The molecule has 0 saturated carbocycles. The van der Waals surface area contributed by atoms with Crippen molar-refractivity contribution in [3.8, 4) is 5.75 Å². The Hall–Kier alpha value is -2.49. The van der Waals surface area contributed by atoms with E-state index in [1.54, 1.807) is 13.2 Å². The van der Waals surface area contributed by atoms with Gasteiger partial charge in [-0.1, -0.05) is 24.3 Å². The van der Waals surface area contributed by atoms with Crippen molar-refractivity contribution in [1.29, 1.82) is 0 Å². The summed E-state index contributed by atoms with van der Waals surface area (Å²) < 4.78 is 5.21. The highest BCUT2D eigenvalue weighted by Gasteiger charge is 2.27. The summed E-state index contributed by atoms with van der Waals surface area (Å²) >= 11 is 0. The van der Waals surface area contributed by atoms with Crippen molar-refractivity contribution < 1.29 is 9.53 Å². The quantitative estimate of drug-likeness (QED) is 0.873. The first-order valence-electron chi connectivity index (χ1n) is 7.94. The van der Waals surface area contributed by atoms with Gasteiger partial charge in [-0.05, 0) is 37.3 Å². The monoisotopic (exact) mass is 310 g/mol. The molecule has 2 aromatic rings. The second-order valence-electron chi connectivity index (χ2n) is 5.86. The average Bonchev–Trinajstić information content (AvgIpc) is 2.61. The van der Waals surface area contributed by atoms with E-state index < -0.39 is 0 Å². The Morgan fingerprint density at radius 2 is 1.87 bits per heavy atom. The maximum Gasteiger partial charge on any atom is 0.254 e. The summed E-state index contributed by atoms with van der Waals surface area (Å²) in [5.74, 6) is 0.787. The number of para-hydroxylation sites is 1. The predicted molar refractivity (Wildman–Crippen MR) is 92.1 cm³/mol. The fourth-order valence-corrected chi connectivity index (χ4v) is 3.08. The zero-order chi connectivity index (χ0) is 16.2. The number of carbonyl (C=O) groups is 1. The van der Waals surface area contributed by atoms with Crippen molar-refractivity contribution in [2.45, 2.75) is 13.0 Å². The smallest absolute Gasteiger partial charge is 0.254 e. The van der Waals surface area contributed by atoms with Gasteiger partial charge in [-0.2, -0.15) is 0 Å². The fraction of sp³-hybridized carbons (Fsp3) is 0.316. The summed E-state index contributed by atoms with van der Waals surface area (Å²) in [5.41, 5.74) is 1.90. The Bertz CT molecular complexity index is 672. The minimum absolute atomic E-state index is 0.0726. The van der Waals surface area contributed by atoms with Crippen LogP contribution in [0.3, 0.4) is 0 Å². The predicted octanol–water partition coefficient (Wildman–Crippen LogP) is 3.05. The topological polar surface area (TPSA) is 32.8 Å². The molecule has 1 aliphatic heterocycles. The summed E-state index contributed by atoms with van der Waals surface area (Å²) in [6.45, 7) is 4.47. The van der Waals surface area contributed by atoms with Gasteiger partial charge in [-0.3, -0.25) is 4.79 Å². The van der Waals surface area contributed by atoms with E-state index in [4.69, 9.17) is 4.74 Å². The normalized spacial score (nSPS) is 17.9. The van der Waals surface area contributed by atoms with Crippen LogP contribution < -0.4 is 9.64 Å². The number of amides is 1. The van der Waals surface area contributed by atoms with Crippen LogP contribution in [0.4, 0.5) is 5.69 Å². The van der Waals surface area contributed by atoms with E-state index in [1.165, 1.54) is 5.69 Å². The number of rotatable bonds is 3. The molecular weight excluding hydrogens is 288 g/mol. The van der Waals surface area contributed by atoms with Crippen LogP contribution in [-0.4, -0.2) is 43.6 Å². The minimum atomic E-state index is 0.0726. The van der Waals surface area contributed by atoms with Crippen molar-refractivity contribution in [3.63, 3.8) is 0 Å². The first kappa shape index (κ1) is 15.4. The summed E-state index contributed by atoms with van der Waals surface area (Å²) in [6, 6.07) is 18.0. The van der Waals surface area contributed by atoms with E-state index in [2.05, 4.69) is 36.1 Å². The highest BCUT2D eigenvalue weighted by Crippen LogP contribution is 2.22. The molecule has 4 heteroatoms. The van der Waals surface area contributed by atoms with E-state index in [0.29, 0.717) is 17.4 Å². The molecule has 23 heavy (non-hydrogen) atoms. The first-order chi connectivity index (χ1) is 11.2. The van der Waals surface area contributed by atoms with Crippen LogP contribution in [0.1, 0.15) is 17.3 Å². The van der Waals surface area contributed by atoms with E-state index in [9.17, 15) is 4.79 Å². The maximum atomic E-state index is 12.7. The molecular formula is C19H22N2O2. The molecule has 0 N–H and O–H groups in total. The van der Waals surface area contributed by atoms with Crippen LogP contribution in [0.15, 0.2) is 54.6 Å². The van der Waals surface area contributed by atoms with Crippen LogP contribution in [-0.2, 0) is 0 Å². The van der Waals surface area contributed by atoms with Gasteiger partial charge in [0.1, 0.15) is 5.75 Å². The molecule has 0 bridgehead atoms. The zero-order valence-corrected chi connectivity index (χ0v) is 13.6. The molecule has 1 fully saturated rings. The Kier molecular flexibility index (Phi) is 4.51. The molecule has 1 amide bonds. The highest BCUT2D eigenvalue weighted by molar-refractivity contribution is 5.94. The van der Waals surface area contributed by atoms with Gasteiger partial charge >= 0.3 is 0 Å². The number of piperazine rings is 1. The number of carbonyl (C=O) groups excluding carboxylic acids is 1. The van der Waals surface area contributed by atoms with Crippen LogP contribution in [0, 0.1) is 0 Å². The molecule has 1 atom stereocenters. The molecule has 0 spiro atoms. The third-order valence-electron chi connectivity index (χ3n) is 4.32. The number of ether oxygens (including phenoxy) is 1. The molecule has 4 nitrogen and oxygen atoms in total. The lowest BCUT2D eigenvalue weighted by Gasteiger charge is -2.41. The third-order valence-corrected chi connectivity index (χ3v) is 4.32. The highest BCUT2D eigenvalue weighted by atomic mass is 16.5. The lowest BCUT2D eigenvalue weighted by molar-refractivity contribution is 0.0726. The van der Waals surface area contributed by atoms with Crippen molar-refractivity contribution >= 4 is 11.6 Å². The Balaban J connectivity index is 1.71. The summed E-state index contributed by atoms with van der Waals surface area (Å²) in [5, 5.41) is 0. The zero-order valence-electron chi connectivity index (χ0n) is 13.6. The molecule has 3 rings (SSSR count). The Morgan fingerprint density at radius 3 is 2.57 bits per heavy atom. The number of methoxy groups -OCH3 is 1. The van der Waals surface area contributed by atoms with Gasteiger partial charge in [0.05, 0.1) is 7.11 Å². The molecule has 1 aliphatic rings. The number of hydrogen-bond donors (Lipinski definition) is 0. The molecule has 0 aromatic heterocycles. The molecule has 1 unspecified atom stereocenters. The van der Waals surface area contributed by atoms with Gasteiger partial charge in [0.2, 0.25) is 0 Å². The van der Waals surface area contributed by atoms with Crippen LogP contribution >= 0.6 is 0 Å². The van der Waals surface area contributed by atoms with E-state index in [-0.39, 0.29) is 5.91 Å². The van der Waals surface area contributed by atoms with Gasteiger partial charge in [0.15, 0.2) is 0 Å². The van der Waals surface area contributed by atoms with Gasteiger partial charge in [-0.15, -0.1) is 0 Å². The molecule has 120 valence electrons. The lowest BCUT2D eigenvalue weighted by atomic mass is 10.1. The van der Waals surface area contributed by atoms with Crippen molar-refractivity contribution in [2.24, 2.45) is 0 Å². The van der Waals surface area contributed by atoms with Gasteiger partial charge < -0.3 is 14.5 Å². The van der Waals surface area contributed by atoms with E-state index >= 15 is 0 Å². The second-order valence-corrected chi connectivity index (χ2v) is 5.86. The van der Waals surface area contributed by atoms with Crippen molar-refractivity contribution in [3.05, 3.63) is 60.2 Å². The molecule has 2 aromatic carbocycles. The fourth-order valence-electron chi connectivity index (χ4n) is 3.08. The molecule has 1 saturated heterocycles. The minimum Gasteiger partial charge on any atom is -0.497 e. The lowest BCUT2D eigenvalue weighted by Crippen LogP contribution is -2.53. The van der Waals surface area contributed by atoms with Crippen LogP contribution in [0.5, 0.6) is 5.75 Å². The summed E-state index contributed by atoms with van der Waals surface area (Å²) in [7, 11) is 1.62. The Morgan fingerprint density at radius 1 is 1.09 bits per heavy atom. The van der Waals surface area contributed by atoms with Gasteiger partial charge in [0, 0.05) is 36.9 Å². The van der Waals surface area contributed by atoms with E-state index in [0.717, 1.165) is 19.6 Å². The molecule has 1 heterocycles. The van der Waals surface area contributed by atoms with Crippen LogP contribution in [0.25, 0.3) is 0 Å². The Labute approximate surface area is 137 Å². The largest absolute Gasteiger partial charge is 0.497 e. The van der Waals surface area contributed by atoms with Crippen LogP contribution in [0.2, 0.25) is 0 Å². The van der Waals surface area contributed by atoms with Crippen molar-refractivity contribution in [2.75, 3.05) is 31.6 Å².